The molecule has 1 aliphatic rings. The maximum Gasteiger partial charge on any atom is 0.320 e. The Hall–Kier alpha value is -3.21. The molecule has 2 N–H and O–H groups in total. The number of rotatable bonds is 11. The van der Waals surface area contributed by atoms with Crippen LogP contribution in [-0.4, -0.2) is 92.8 Å². The monoisotopic (exact) mass is 453 g/mol. The molecule has 0 saturated carbocycles. The van der Waals surface area contributed by atoms with E-state index < -0.39 is 0 Å². The highest BCUT2D eigenvalue weighted by molar-refractivity contribution is 5.99. The molecule has 3 aromatic rings. The molecule has 0 spiro atoms. The molecule has 4 rings (SSSR count). The van der Waals surface area contributed by atoms with Crippen LogP contribution in [0.4, 0.5) is 11.6 Å². The standard InChI is InChI=1S/C23H31N7O3/c1-29(7-11-31-2)22-15-21(26-23(27-22)33-14-10-30-8-12-32-13-9-30)28-25-17-18-16-24-20-6-4-3-5-19(18)20/h3-6,15-17,24H,7-14H2,1-2H3,(H,26,27,28). The van der Waals surface area contributed by atoms with Crippen LogP contribution in [0.15, 0.2) is 41.6 Å². The number of para-hydroxylation sites is 1. The molecule has 176 valence electrons. The van der Waals surface area contributed by atoms with E-state index in [2.05, 4.69) is 36.4 Å². The predicted octanol–water partition coefficient (Wildman–Crippen LogP) is 2.20. The van der Waals surface area contributed by atoms with Crippen molar-refractivity contribution in [3.8, 4) is 6.01 Å². The van der Waals surface area contributed by atoms with Crippen LogP contribution in [0.25, 0.3) is 10.9 Å². The molecule has 0 amide bonds. The summed E-state index contributed by atoms with van der Waals surface area (Å²) < 4.78 is 16.5. The first-order valence-electron chi connectivity index (χ1n) is 11.1. The van der Waals surface area contributed by atoms with Gasteiger partial charge in [0.05, 0.1) is 26.0 Å². The van der Waals surface area contributed by atoms with Crippen LogP contribution in [0.5, 0.6) is 6.01 Å². The lowest BCUT2D eigenvalue weighted by Crippen LogP contribution is -2.38. The van der Waals surface area contributed by atoms with Crippen molar-refractivity contribution in [2.24, 2.45) is 5.10 Å². The van der Waals surface area contributed by atoms with Crippen LogP contribution < -0.4 is 15.1 Å². The molecular formula is C23H31N7O3. The second-order valence-corrected chi connectivity index (χ2v) is 7.77. The van der Waals surface area contributed by atoms with Crippen molar-refractivity contribution in [1.82, 2.24) is 19.9 Å². The number of nitrogens with one attached hydrogen (secondary N) is 2. The van der Waals surface area contributed by atoms with E-state index in [1.807, 2.05) is 42.4 Å². The van der Waals surface area contributed by atoms with E-state index in [1.54, 1.807) is 13.3 Å². The lowest BCUT2D eigenvalue weighted by molar-refractivity contribution is 0.0317. The first-order valence-corrected chi connectivity index (χ1v) is 11.1. The van der Waals surface area contributed by atoms with Crippen molar-refractivity contribution in [3.63, 3.8) is 0 Å². The second-order valence-electron chi connectivity index (χ2n) is 7.77. The molecule has 1 aromatic carbocycles. The van der Waals surface area contributed by atoms with Crippen LogP contribution >= 0.6 is 0 Å². The number of methoxy groups -OCH3 is 1. The molecule has 3 heterocycles. The van der Waals surface area contributed by atoms with Crippen LogP contribution in [-0.2, 0) is 9.47 Å². The van der Waals surface area contributed by atoms with Crippen LogP contribution in [0.1, 0.15) is 5.56 Å². The lowest BCUT2D eigenvalue weighted by Gasteiger charge is -2.26. The topological polar surface area (TPSA) is 100 Å². The molecule has 1 fully saturated rings. The maximum atomic E-state index is 5.90. The van der Waals surface area contributed by atoms with E-state index >= 15 is 0 Å². The van der Waals surface area contributed by atoms with Crippen molar-refractivity contribution in [2.75, 3.05) is 77.1 Å². The summed E-state index contributed by atoms with van der Waals surface area (Å²) in [6.45, 7) is 5.95. The highest BCUT2D eigenvalue weighted by Crippen LogP contribution is 2.19. The van der Waals surface area contributed by atoms with E-state index in [4.69, 9.17) is 14.2 Å². The number of benzene rings is 1. The molecule has 1 saturated heterocycles. The van der Waals surface area contributed by atoms with Gasteiger partial charge >= 0.3 is 6.01 Å². The van der Waals surface area contributed by atoms with Gasteiger partial charge in [-0.3, -0.25) is 10.3 Å². The Labute approximate surface area is 193 Å². The molecule has 0 radical (unpaired) electrons. The zero-order valence-electron chi connectivity index (χ0n) is 19.2. The van der Waals surface area contributed by atoms with E-state index in [9.17, 15) is 0 Å². The summed E-state index contributed by atoms with van der Waals surface area (Å²) in [5.74, 6) is 1.29. The van der Waals surface area contributed by atoms with Crippen molar-refractivity contribution in [2.45, 2.75) is 0 Å². The van der Waals surface area contributed by atoms with Gasteiger partial charge in [-0.25, -0.2) is 0 Å². The van der Waals surface area contributed by atoms with E-state index in [1.165, 1.54) is 0 Å². The Morgan fingerprint density at radius 1 is 1.24 bits per heavy atom. The van der Waals surface area contributed by atoms with Crippen LogP contribution in [0, 0.1) is 0 Å². The summed E-state index contributed by atoms with van der Waals surface area (Å²) in [7, 11) is 3.64. The predicted molar refractivity (Wildman–Crippen MR) is 129 cm³/mol. The first-order chi connectivity index (χ1) is 16.2. The minimum Gasteiger partial charge on any atom is -0.462 e. The van der Waals surface area contributed by atoms with Gasteiger partial charge in [-0.2, -0.15) is 15.1 Å². The number of aromatic amines is 1. The van der Waals surface area contributed by atoms with Gasteiger partial charge in [0.2, 0.25) is 0 Å². The Morgan fingerprint density at radius 3 is 2.94 bits per heavy atom. The number of morpholine rings is 1. The van der Waals surface area contributed by atoms with Crippen molar-refractivity contribution in [3.05, 3.63) is 42.1 Å². The van der Waals surface area contributed by atoms with Gasteiger partial charge in [0, 0.05) is 69.1 Å². The highest BCUT2D eigenvalue weighted by Gasteiger charge is 2.12. The van der Waals surface area contributed by atoms with E-state index in [0.717, 1.165) is 55.1 Å². The SMILES string of the molecule is COCCN(C)c1cc(NN=Cc2c[nH]c3ccccc23)nc(OCCN2CCOCC2)n1. The Bertz CT molecular complexity index is 1050. The fraction of sp³-hybridized carbons (Fsp3) is 0.435. The van der Waals surface area contributed by atoms with Crippen molar-refractivity contribution < 1.29 is 14.2 Å². The van der Waals surface area contributed by atoms with Gasteiger partial charge in [-0.05, 0) is 6.07 Å². The number of anilines is 2. The van der Waals surface area contributed by atoms with Crippen LogP contribution in [0.2, 0.25) is 0 Å². The molecule has 2 aromatic heterocycles. The molecular weight excluding hydrogens is 422 g/mol. The fourth-order valence-corrected chi connectivity index (χ4v) is 3.53. The smallest absolute Gasteiger partial charge is 0.320 e. The molecule has 33 heavy (non-hydrogen) atoms. The summed E-state index contributed by atoms with van der Waals surface area (Å²) in [5, 5.41) is 5.49. The average molecular weight is 454 g/mol. The number of aromatic nitrogens is 3. The summed E-state index contributed by atoms with van der Waals surface area (Å²) in [6.07, 6.45) is 3.70. The summed E-state index contributed by atoms with van der Waals surface area (Å²) >= 11 is 0. The number of fused-ring (bicyclic) bond motifs is 1. The zero-order valence-corrected chi connectivity index (χ0v) is 19.2. The quantitative estimate of drug-likeness (QED) is 0.337. The van der Waals surface area contributed by atoms with Gasteiger partial charge in [-0.1, -0.05) is 18.2 Å². The minimum atomic E-state index is 0.315. The van der Waals surface area contributed by atoms with Gasteiger partial charge in [0.15, 0.2) is 5.82 Å². The van der Waals surface area contributed by atoms with Crippen LogP contribution in [0.3, 0.4) is 0 Å². The Balaban J connectivity index is 1.44. The molecule has 1 aliphatic heterocycles. The number of hydrogen-bond donors (Lipinski definition) is 2. The Morgan fingerprint density at radius 2 is 2.09 bits per heavy atom. The van der Waals surface area contributed by atoms with Gasteiger partial charge in [0.25, 0.3) is 0 Å². The Kier molecular flexibility index (Phi) is 8.07. The number of H-pyrrole nitrogens is 1. The highest BCUT2D eigenvalue weighted by atomic mass is 16.5. The molecule has 0 atom stereocenters. The summed E-state index contributed by atoms with van der Waals surface area (Å²) in [4.78, 5) is 16.6. The molecule has 10 nitrogen and oxygen atoms in total. The molecule has 0 aliphatic carbocycles. The third-order valence-electron chi connectivity index (χ3n) is 5.46. The number of nitrogens with zero attached hydrogens (tertiary/aromatic N) is 5. The third kappa shape index (κ3) is 6.41. The minimum absolute atomic E-state index is 0.315. The normalized spacial score (nSPS) is 14.7. The van der Waals surface area contributed by atoms with Gasteiger partial charge in [0.1, 0.15) is 12.4 Å². The number of ether oxygens (including phenoxy) is 3. The maximum absolute atomic E-state index is 5.90. The first kappa shape index (κ1) is 23.0. The third-order valence-corrected chi connectivity index (χ3v) is 5.46. The molecule has 0 bridgehead atoms. The van der Waals surface area contributed by atoms with Gasteiger partial charge < -0.3 is 24.1 Å². The summed E-state index contributed by atoms with van der Waals surface area (Å²) in [5.41, 5.74) is 5.08. The van der Waals surface area contributed by atoms with Crippen molar-refractivity contribution in [1.29, 1.82) is 0 Å². The zero-order chi connectivity index (χ0) is 22.9. The summed E-state index contributed by atoms with van der Waals surface area (Å²) in [6, 6.07) is 10.3. The van der Waals surface area contributed by atoms with E-state index in [-0.39, 0.29) is 0 Å². The number of hydrazone groups is 1. The van der Waals surface area contributed by atoms with Gasteiger partial charge in [-0.15, -0.1) is 0 Å². The fourth-order valence-electron chi connectivity index (χ4n) is 3.53. The molecule has 0 unspecified atom stereocenters. The van der Waals surface area contributed by atoms with Crippen molar-refractivity contribution >= 4 is 28.8 Å². The van der Waals surface area contributed by atoms with E-state index in [0.29, 0.717) is 31.6 Å². The lowest BCUT2D eigenvalue weighted by atomic mass is 10.2. The largest absolute Gasteiger partial charge is 0.462 e. The number of hydrogen-bond acceptors (Lipinski definition) is 9. The average Bonchev–Trinajstić information content (AvgIpc) is 3.26. The molecule has 10 heteroatoms. The number of likely N-dealkylation sites (N-methyl/N-ethyl adjacent to an activating group) is 1. The second kappa shape index (κ2) is 11.6.